The lowest BCUT2D eigenvalue weighted by atomic mass is 10.2. The number of nitro benzene ring substituents is 1. The van der Waals surface area contributed by atoms with Crippen molar-refractivity contribution in [2.75, 3.05) is 5.32 Å². The van der Waals surface area contributed by atoms with E-state index in [9.17, 15) is 19.7 Å². The molecule has 0 aliphatic rings. The first-order valence-corrected chi connectivity index (χ1v) is 6.71. The van der Waals surface area contributed by atoms with E-state index in [-0.39, 0.29) is 26.8 Å². The molecule has 1 amide bonds. The van der Waals surface area contributed by atoms with E-state index in [2.05, 4.69) is 5.32 Å². The number of benzene rings is 1. The molecule has 0 saturated carbocycles. The quantitative estimate of drug-likeness (QED) is 0.662. The lowest BCUT2D eigenvalue weighted by molar-refractivity contribution is -0.384. The molecule has 21 heavy (non-hydrogen) atoms. The van der Waals surface area contributed by atoms with Crippen molar-refractivity contribution in [1.82, 2.24) is 0 Å². The van der Waals surface area contributed by atoms with Gasteiger partial charge in [0.15, 0.2) is 0 Å². The van der Waals surface area contributed by atoms with Gasteiger partial charge < -0.3 is 10.4 Å². The molecule has 9 heteroatoms. The Morgan fingerprint density at radius 1 is 1.33 bits per heavy atom. The summed E-state index contributed by atoms with van der Waals surface area (Å²) in [5, 5.41) is 23.6. The Labute approximate surface area is 126 Å². The van der Waals surface area contributed by atoms with Crippen LogP contribution in [-0.4, -0.2) is 21.9 Å². The van der Waals surface area contributed by atoms with Gasteiger partial charge in [0.05, 0.1) is 10.6 Å². The van der Waals surface area contributed by atoms with Gasteiger partial charge in [0, 0.05) is 22.7 Å². The number of carboxylic acid groups (broad SMARTS) is 1. The second kappa shape index (κ2) is 5.90. The number of carbonyl (C=O) groups excluding carboxylic acids is 1. The van der Waals surface area contributed by atoms with Crippen molar-refractivity contribution in [2.24, 2.45) is 0 Å². The molecule has 0 saturated heterocycles. The minimum atomic E-state index is -1.17. The second-order valence-corrected chi connectivity index (χ2v) is 5.23. The Bertz CT molecular complexity index is 743. The molecular weight excluding hydrogens is 320 g/mol. The van der Waals surface area contributed by atoms with E-state index >= 15 is 0 Å². The van der Waals surface area contributed by atoms with E-state index in [4.69, 9.17) is 16.7 Å². The highest BCUT2D eigenvalue weighted by Gasteiger charge is 2.17. The standard InChI is InChI=1S/C12H7ClN2O5S/c13-7-3-6(4-8(5-7)15(19)20)11(16)14-9-1-2-21-10(9)12(17)18/h1-5H,(H,14,16)(H,17,18). The third-order valence-corrected chi connectivity index (χ3v) is 3.58. The van der Waals surface area contributed by atoms with Gasteiger partial charge in [-0.1, -0.05) is 11.6 Å². The molecule has 1 heterocycles. The van der Waals surface area contributed by atoms with Gasteiger partial charge in [0.1, 0.15) is 4.88 Å². The topological polar surface area (TPSA) is 110 Å². The van der Waals surface area contributed by atoms with E-state index in [1.54, 1.807) is 0 Å². The minimum Gasteiger partial charge on any atom is -0.477 e. The Kier molecular flexibility index (Phi) is 4.20. The molecule has 108 valence electrons. The van der Waals surface area contributed by atoms with Gasteiger partial charge in [-0.15, -0.1) is 11.3 Å². The number of amides is 1. The number of hydrogen-bond acceptors (Lipinski definition) is 5. The van der Waals surface area contributed by atoms with Crippen LogP contribution in [0.1, 0.15) is 20.0 Å². The lowest BCUT2D eigenvalue weighted by Crippen LogP contribution is -2.13. The average Bonchev–Trinajstić information content (AvgIpc) is 2.86. The highest BCUT2D eigenvalue weighted by molar-refractivity contribution is 7.12. The van der Waals surface area contributed by atoms with Gasteiger partial charge in [-0.05, 0) is 17.5 Å². The van der Waals surface area contributed by atoms with Gasteiger partial charge in [-0.2, -0.15) is 0 Å². The van der Waals surface area contributed by atoms with Crippen LogP contribution >= 0.6 is 22.9 Å². The molecule has 0 unspecified atom stereocenters. The molecule has 7 nitrogen and oxygen atoms in total. The molecule has 0 aliphatic heterocycles. The average molecular weight is 327 g/mol. The summed E-state index contributed by atoms with van der Waals surface area (Å²) in [4.78, 5) is 33.0. The molecule has 0 bridgehead atoms. The summed E-state index contributed by atoms with van der Waals surface area (Å²) in [6.07, 6.45) is 0. The van der Waals surface area contributed by atoms with Gasteiger partial charge in [0.25, 0.3) is 11.6 Å². The molecule has 2 N–H and O–H groups in total. The first-order chi connectivity index (χ1) is 9.88. The molecule has 1 aromatic carbocycles. The number of aromatic carboxylic acids is 1. The van der Waals surface area contributed by atoms with Crippen molar-refractivity contribution in [2.45, 2.75) is 0 Å². The predicted molar refractivity (Wildman–Crippen MR) is 77.3 cm³/mol. The van der Waals surface area contributed by atoms with Crippen molar-refractivity contribution < 1.29 is 19.6 Å². The van der Waals surface area contributed by atoms with Crippen LogP contribution in [0.5, 0.6) is 0 Å². The van der Waals surface area contributed by atoms with Crippen molar-refractivity contribution in [3.63, 3.8) is 0 Å². The molecular formula is C12H7ClN2O5S. The summed E-state index contributed by atoms with van der Waals surface area (Å²) in [7, 11) is 0. The highest BCUT2D eigenvalue weighted by atomic mass is 35.5. The molecule has 0 radical (unpaired) electrons. The number of anilines is 1. The van der Waals surface area contributed by atoms with Crippen LogP contribution in [0.15, 0.2) is 29.6 Å². The number of halogens is 1. The van der Waals surface area contributed by atoms with Gasteiger partial charge in [0.2, 0.25) is 0 Å². The number of thiophene rings is 1. The Balaban J connectivity index is 2.30. The molecule has 2 rings (SSSR count). The summed E-state index contributed by atoms with van der Waals surface area (Å²) < 4.78 is 0. The van der Waals surface area contributed by atoms with E-state index in [1.165, 1.54) is 17.5 Å². The Morgan fingerprint density at radius 3 is 2.67 bits per heavy atom. The molecule has 1 aromatic heterocycles. The SMILES string of the molecule is O=C(Nc1ccsc1C(=O)O)c1cc(Cl)cc([N+](=O)[O-])c1. The van der Waals surface area contributed by atoms with Crippen LogP contribution in [0, 0.1) is 10.1 Å². The largest absolute Gasteiger partial charge is 0.477 e. The van der Waals surface area contributed by atoms with E-state index < -0.39 is 16.8 Å². The summed E-state index contributed by atoms with van der Waals surface area (Å²) in [5.74, 6) is -1.85. The first-order valence-electron chi connectivity index (χ1n) is 5.45. The summed E-state index contributed by atoms with van der Waals surface area (Å²) in [6.45, 7) is 0. The zero-order valence-electron chi connectivity index (χ0n) is 10.2. The van der Waals surface area contributed by atoms with Gasteiger partial charge in [-0.25, -0.2) is 4.79 Å². The van der Waals surface area contributed by atoms with Crippen LogP contribution in [-0.2, 0) is 0 Å². The van der Waals surface area contributed by atoms with E-state index in [0.717, 1.165) is 23.5 Å². The maximum absolute atomic E-state index is 12.0. The third kappa shape index (κ3) is 3.36. The minimum absolute atomic E-state index is 0.0279. The monoisotopic (exact) mass is 326 g/mol. The number of carbonyl (C=O) groups is 2. The van der Waals surface area contributed by atoms with Crippen molar-refractivity contribution in [3.8, 4) is 0 Å². The van der Waals surface area contributed by atoms with Crippen molar-refractivity contribution in [3.05, 3.63) is 55.2 Å². The maximum atomic E-state index is 12.0. The number of nitrogens with one attached hydrogen (secondary N) is 1. The smallest absolute Gasteiger partial charge is 0.348 e. The number of nitro groups is 1. The number of hydrogen-bond donors (Lipinski definition) is 2. The Hall–Kier alpha value is -2.45. The number of carboxylic acids is 1. The lowest BCUT2D eigenvalue weighted by Gasteiger charge is -2.05. The van der Waals surface area contributed by atoms with Crippen LogP contribution in [0.3, 0.4) is 0 Å². The molecule has 0 fully saturated rings. The molecule has 0 spiro atoms. The molecule has 2 aromatic rings. The van der Waals surface area contributed by atoms with Crippen LogP contribution in [0.2, 0.25) is 5.02 Å². The summed E-state index contributed by atoms with van der Waals surface area (Å²) >= 11 is 6.68. The van der Waals surface area contributed by atoms with E-state index in [1.807, 2.05) is 0 Å². The number of non-ortho nitro benzene ring substituents is 1. The zero-order valence-corrected chi connectivity index (χ0v) is 11.8. The zero-order chi connectivity index (χ0) is 15.6. The van der Waals surface area contributed by atoms with Gasteiger partial charge >= 0.3 is 5.97 Å². The third-order valence-electron chi connectivity index (χ3n) is 2.46. The molecule has 0 atom stereocenters. The fourth-order valence-electron chi connectivity index (χ4n) is 1.58. The fraction of sp³-hybridized carbons (Fsp3) is 0. The predicted octanol–water partition coefficient (Wildman–Crippen LogP) is 3.26. The normalized spacial score (nSPS) is 10.1. The highest BCUT2D eigenvalue weighted by Crippen LogP contribution is 2.25. The van der Waals surface area contributed by atoms with Gasteiger partial charge in [-0.3, -0.25) is 14.9 Å². The number of nitrogens with zero attached hydrogens (tertiary/aromatic N) is 1. The number of rotatable bonds is 4. The Morgan fingerprint density at radius 2 is 2.05 bits per heavy atom. The summed E-state index contributed by atoms with van der Waals surface area (Å²) in [6, 6.07) is 4.88. The first kappa shape index (κ1) is 14.9. The van der Waals surface area contributed by atoms with E-state index in [0.29, 0.717) is 0 Å². The summed E-state index contributed by atoms with van der Waals surface area (Å²) in [5.41, 5.74) is -0.228. The van der Waals surface area contributed by atoms with Crippen LogP contribution < -0.4 is 5.32 Å². The van der Waals surface area contributed by atoms with Crippen LogP contribution in [0.4, 0.5) is 11.4 Å². The molecule has 0 aliphatic carbocycles. The second-order valence-electron chi connectivity index (χ2n) is 3.88. The van der Waals surface area contributed by atoms with Crippen molar-refractivity contribution in [1.29, 1.82) is 0 Å². The maximum Gasteiger partial charge on any atom is 0.348 e. The van der Waals surface area contributed by atoms with Crippen molar-refractivity contribution >= 4 is 46.2 Å². The van der Waals surface area contributed by atoms with Crippen LogP contribution in [0.25, 0.3) is 0 Å². The fourth-order valence-corrected chi connectivity index (χ4v) is 2.49.